The van der Waals surface area contributed by atoms with Crippen molar-refractivity contribution in [2.24, 2.45) is 0 Å². The highest BCUT2D eigenvalue weighted by Gasteiger charge is 2.04. The van der Waals surface area contributed by atoms with Gasteiger partial charge in [-0.05, 0) is 41.0 Å². The van der Waals surface area contributed by atoms with Gasteiger partial charge in [0.15, 0.2) is 0 Å². The van der Waals surface area contributed by atoms with Crippen molar-refractivity contribution in [3.63, 3.8) is 0 Å². The molecule has 0 N–H and O–H groups in total. The number of fused-ring (bicyclic) bond motifs is 1. The molecular formula is C16H15N. The van der Waals surface area contributed by atoms with Gasteiger partial charge in [-0.1, -0.05) is 36.4 Å². The Bertz CT molecular complexity index is 636. The van der Waals surface area contributed by atoms with Crippen molar-refractivity contribution in [3.8, 4) is 0 Å². The molecule has 0 spiro atoms. The van der Waals surface area contributed by atoms with E-state index >= 15 is 0 Å². The minimum Gasteiger partial charge on any atom is -0.350 e. The molecule has 1 aromatic heterocycles. The quantitative estimate of drug-likeness (QED) is 0.616. The van der Waals surface area contributed by atoms with Crippen molar-refractivity contribution in [1.29, 1.82) is 0 Å². The summed E-state index contributed by atoms with van der Waals surface area (Å²) >= 11 is 0. The van der Waals surface area contributed by atoms with Gasteiger partial charge in [-0.25, -0.2) is 0 Å². The Morgan fingerprint density at radius 2 is 1.65 bits per heavy atom. The highest BCUT2D eigenvalue weighted by molar-refractivity contribution is 5.86. The lowest BCUT2D eigenvalue weighted by molar-refractivity contribution is 0.806. The van der Waals surface area contributed by atoms with Gasteiger partial charge >= 0.3 is 0 Å². The smallest absolute Gasteiger partial charge is 0.0478 e. The van der Waals surface area contributed by atoms with E-state index in [1.807, 2.05) is 0 Å². The molecular weight excluding hydrogens is 206 g/mol. The van der Waals surface area contributed by atoms with E-state index in [1.54, 1.807) is 0 Å². The van der Waals surface area contributed by atoms with Gasteiger partial charge < -0.3 is 4.57 Å². The summed E-state index contributed by atoms with van der Waals surface area (Å²) in [5, 5.41) is 2.68. The number of aromatic nitrogens is 1. The molecule has 0 saturated carbocycles. The molecule has 3 aromatic rings. The number of rotatable bonds is 2. The second kappa shape index (κ2) is 4.10. The van der Waals surface area contributed by atoms with E-state index in [1.165, 1.54) is 21.9 Å². The Kier molecular flexibility index (Phi) is 2.45. The molecule has 84 valence electrons. The van der Waals surface area contributed by atoms with Crippen LogP contribution in [-0.4, -0.2) is 4.57 Å². The molecule has 0 amide bonds. The van der Waals surface area contributed by atoms with Crippen molar-refractivity contribution < 1.29 is 0 Å². The van der Waals surface area contributed by atoms with Crippen molar-refractivity contribution >= 4 is 10.8 Å². The molecule has 2 aromatic carbocycles. The summed E-state index contributed by atoms with van der Waals surface area (Å²) < 4.78 is 2.22. The van der Waals surface area contributed by atoms with E-state index in [4.69, 9.17) is 0 Å². The third kappa shape index (κ3) is 1.84. The van der Waals surface area contributed by atoms with E-state index in [0.717, 1.165) is 6.54 Å². The fourth-order valence-corrected chi connectivity index (χ4v) is 2.31. The predicted molar refractivity (Wildman–Crippen MR) is 72.2 cm³/mol. The molecule has 0 radical (unpaired) electrons. The molecule has 0 aliphatic rings. The highest BCUT2D eigenvalue weighted by Crippen LogP contribution is 2.22. The third-order valence-corrected chi connectivity index (χ3v) is 3.28. The summed E-state index contributed by atoms with van der Waals surface area (Å²) in [7, 11) is 0. The zero-order chi connectivity index (χ0) is 11.7. The normalized spacial score (nSPS) is 10.9. The molecule has 0 aliphatic heterocycles. The monoisotopic (exact) mass is 221 g/mol. The summed E-state index contributed by atoms with van der Waals surface area (Å²) in [4.78, 5) is 0. The summed E-state index contributed by atoms with van der Waals surface area (Å²) in [6, 6.07) is 17.1. The second-order valence-electron chi connectivity index (χ2n) is 4.44. The van der Waals surface area contributed by atoms with Gasteiger partial charge in [0.1, 0.15) is 0 Å². The Balaban J connectivity index is 2.17. The molecule has 0 unspecified atom stereocenters. The highest BCUT2D eigenvalue weighted by atomic mass is 14.9. The van der Waals surface area contributed by atoms with Crippen LogP contribution in [-0.2, 0) is 6.54 Å². The first-order valence-electron chi connectivity index (χ1n) is 5.92. The second-order valence-corrected chi connectivity index (χ2v) is 4.44. The molecule has 3 rings (SSSR count). The summed E-state index contributed by atoms with van der Waals surface area (Å²) in [5.41, 5.74) is 2.77. The molecule has 1 heterocycles. The van der Waals surface area contributed by atoms with E-state index in [9.17, 15) is 0 Å². The third-order valence-electron chi connectivity index (χ3n) is 3.28. The van der Waals surface area contributed by atoms with Gasteiger partial charge in [0.25, 0.3) is 0 Å². The van der Waals surface area contributed by atoms with Crippen LogP contribution in [0.5, 0.6) is 0 Å². The first-order chi connectivity index (χ1) is 8.34. The lowest BCUT2D eigenvalue weighted by atomic mass is 10.00. The molecule has 0 atom stereocenters. The molecule has 0 aliphatic carbocycles. The number of aryl methyl sites for hydroxylation is 1. The molecule has 0 saturated heterocycles. The largest absolute Gasteiger partial charge is 0.350 e. The van der Waals surface area contributed by atoms with E-state index < -0.39 is 0 Å². The van der Waals surface area contributed by atoms with Gasteiger partial charge in [-0.15, -0.1) is 0 Å². The molecule has 0 bridgehead atoms. The number of hydrogen-bond donors (Lipinski definition) is 0. The minimum absolute atomic E-state index is 0.945. The summed E-state index contributed by atoms with van der Waals surface area (Å²) in [6.07, 6.45) is 4.22. The summed E-state index contributed by atoms with van der Waals surface area (Å²) in [6.45, 7) is 3.13. The van der Waals surface area contributed by atoms with Crippen LogP contribution in [0.3, 0.4) is 0 Å². The first-order valence-corrected chi connectivity index (χ1v) is 5.92. The molecule has 1 nitrogen and oxygen atoms in total. The fourth-order valence-electron chi connectivity index (χ4n) is 2.31. The van der Waals surface area contributed by atoms with Crippen LogP contribution in [0.15, 0.2) is 60.9 Å². The number of nitrogens with zero attached hydrogens (tertiary/aromatic N) is 1. The van der Waals surface area contributed by atoms with Gasteiger partial charge in [-0.2, -0.15) is 0 Å². The van der Waals surface area contributed by atoms with Crippen molar-refractivity contribution in [1.82, 2.24) is 4.57 Å². The van der Waals surface area contributed by atoms with Crippen LogP contribution in [0.1, 0.15) is 11.1 Å². The van der Waals surface area contributed by atoms with E-state index in [-0.39, 0.29) is 0 Å². The standard InChI is InChI=1S/C16H15N/c1-13-8-9-14-6-2-3-7-15(14)16(13)12-17-10-4-5-11-17/h2-11H,12H2,1H3. The maximum Gasteiger partial charge on any atom is 0.0478 e. The van der Waals surface area contributed by atoms with Crippen LogP contribution in [0, 0.1) is 6.92 Å². The zero-order valence-electron chi connectivity index (χ0n) is 9.93. The van der Waals surface area contributed by atoms with E-state index in [0.29, 0.717) is 0 Å². The Labute approximate surface area is 101 Å². The molecule has 1 heteroatoms. The van der Waals surface area contributed by atoms with Crippen molar-refractivity contribution in [2.75, 3.05) is 0 Å². The molecule has 0 fully saturated rings. The van der Waals surface area contributed by atoms with Crippen molar-refractivity contribution in [3.05, 3.63) is 72.1 Å². The van der Waals surface area contributed by atoms with Crippen LogP contribution in [0.4, 0.5) is 0 Å². The Hall–Kier alpha value is -2.02. The average molecular weight is 221 g/mol. The minimum atomic E-state index is 0.945. The lowest BCUT2D eigenvalue weighted by Gasteiger charge is -2.11. The van der Waals surface area contributed by atoms with Gasteiger partial charge in [0.2, 0.25) is 0 Å². The lowest BCUT2D eigenvalue weighted by Crippen LogP contribution is -1.99. The first kappa shape index (κ1) is 10.2. The topological polar surface area (TPSA) is 4.93 Å². The SMILES string of the molecule is Cc1ccc2ccccc2c1Cn1cccc1. The van der Waals surface area contributed by atoms with E-state index in [2.05, 4.69) is 72.4 Å². The van der Waals surface area contributed by atoms with Gasteiger partial charge in [-0.3, -0.25) is 0 Å². The maximum absolute atomic E-state index is 2.22. The van der Waals surface area contributed by atoms with Crippen molar-refractivity contribution in [2.45, 2.75) is 13.5 Å². The van der Waals surface area contributed by atoms with Crippen LogP contribution >= 0.6 is 0 Å². The van der Waals surface area contributed by atoms with Gasteiger partial charge in [0.05, 0.1) is 0 Å². The number of benzene rings is 2. The summed E-state index contributed by atoms with van der Waals surface area (Å²) in [5.74, 6) is 0. The molecule has 17 heavy (non-hydrogen) atoms. The predicted octanol–water partition coefficient (Wildman–Crippen LogP) is 4.00. The number of hydrogen-bond acceptors (Lipinski definition) is 0. The Morgan fingerprint density at radius 3 is 2.47 bits per heavy atom. The Morgan fingerprint density at radius 1 is 0.882 bits per heavy atom. The van der Waals surface area contributed by atoms with Crippen LogP contribution in [0.25, 0.3) is 10.8 Å². The average Bonchev–Trinajstić information content (AvgIpc) is 2.86. The maximum atomic E-state index is 2.22. The van der Waals surface area contributed by atoms with Gasteiger partial charge in [0, 0.05) is 18.9 Å². The fraction of sp³-hybridized carbons (Fsp3) is 0.125. The van der Waals surface area contributed by atoms with Crippen LogP contribution < -0.4 is 0 Å². The zero-order valence-corrected chi connectivity index (χ0v) is 9.93. The van der Waals surface area contributed by atoms with Crippen LogP contribution in [0.2, 0.25) is 0 Å².